The first-order valence-electron chi connectivity index (χ1n) is 9.87. The van der Waals surface area contributed by atoms with Crippen molar-refractivity contribution < 1.29 is 22.7 Å². The van der Waals surface area contributed by atoms with Gasteiger partial charge in [0, 0.05) is 37.7 Å². The van der Waals surface area contributed by atoms with E-state index in [9.17, 15) is 18.0 Å². The summed E-state index contributed by atoms with van der Waals surface area (Å²) in [6.07, 6.45) is 4.88. The number of aromatic nitrogens is 1. The van der Waals surface area contributed by atoms with Crippen molar-refractivity contribution in [2.45, 2.75) is 19.0 Å². The zero-order valence-corrected chi connectivity index (χ0v) is 16.4. The SMILES string of the molecule is CC1COC2=CC(C=C(F)C(F)=C2)N1C(=O)N1CC2(C1)CN(c1ccc(F)cn1)C2. The second kappa shape index (κ2) is 6.78. The molecule has 4 aliphatic rings. The van der Waals surface area contributed by atoms with E-state index in [1.165, 1.54) is 12.3 Å². The van der Waals surface area contributed by atoms with Crippen molar-refractivity contribution in [2.24, 2.45) is 5.41 Å². The minimum Gasteiger partial charge on any atom is -0.492 e. The van der Waals surface area contributed by atoms with E-state index in [1.807, 2.05) is 6.92 Å². The van der Waals surface area contributed by atoms with Crippen LogP contribution in [0.3, 0.4) is 0 Å². The smallest absolute Gasteiger partial charge is 0.321 e. The van der Waals surface area contributed by atoms with Gasteiger partial charge in [0.05, 0.1) is 18.3 Å². The molecule has 1 aliphatic carbocycles. The maximum atomic E-state index is 14.0. The lowest BCUT2D eigenvalue weighted by molar-refractivity contribution is -0.0109. The third-order valence-corrected chi connectivity index (χ3v) is 6.07. The van der Waals surface area contributed by atoms with Crippen LogP contribution in [0.4, 0.5) is 23.8 Å². The molecule has 2 saturated heterocycles. The van der Waals surface area contributed by atoms with Gasteiger partial charge in [-0.3, -0.25) is 0 Å². The van der Waals surface area contributed by atoms with E-state index in [-0.39, 0.29) is 35.7 Å². The molecule has 9 heteroatoms. The van der Waals surface area contributed by atoms with Crippen LogP contribution in [0.25, 0.3) is 0 Å². The molecule has 0 radical (unpaired) electrons. The summed E-state index contributed by atoms with van der Waals surface area (Å²) in [6, 6.07) is 1.79. The molecule has 1 aromatic rings. The molecule has 2 bridgehead atoms. The van der Waals surface area contributed by atoms with E-state index in [1.54, 1.807) is 21.9 Å². The average Bonchev–Trinajstić information content (AvgIpc) is 2.87. The Hall–Kier alpha value is -2.97. The first kappa shape index (κ1) is 19.0. The summed E-state index contributed by atoms with van der Waals surface area (Å²) in [6.45, 7) is 4.67. The van der Waals surface area contributed by atoms with Crippen molar-refractivity contribution in [1.29, 1.82) is 0 Å². The summed E-state index contributed by atoms with van der Waals surface area (Å²) in [5.74, 6) is -1.43. The lowest BCUT2D eigenvalue weighted by atomic mass is 9.73. The first-order valence-corrected chi connectivity index (χ1v) is 9.87. The minimum absolute atomic E-state index is 0.00345. The number of fused-ring (bicyclic) bond motifs is 1. The Balaban J connectivity index is 1.25. The molecule has 0 saturated carbocycles. The van der Waals surface area contributed by atoms with Crippen molar-refractivity contribution in [3.05, 3.63) is 59.8 Å². The van der Waals surface area contributed by atoms with Gasteiger partial charge in [-0.15, -0.1) is 0 Å². The number of halogens is 3. The van der Waals surface area contributed by atoms with Gasteiger partial charge in [-0.05, 0) is 31.2 Å². The molecule has 4 heterocycles. The number of allylic oxidation sites excluding steroid dienone is 3. The standard InChI is InChI=1S/C21H21F3N4O2/c1-13-8-30-16-4-15(5-17(23)18(24)6-16)28(13)20(29)27-11-21(12-27)9-26(10-21)19-3-2-14(22)7-25-19/h2-7,13,15H,8-12H2,1H3. The highest BCUT2D eigenvalue weighted by molar-refractivity contribution is 5.77. The van der Waals surface area contributed by atoms with Crippen LogP contribution in [0, 0.1) is 11.2 Å². The van der Waals surface area contributed by atoms with E-state index in [4.69, 9.17) is 4.74 Å². The minimum atomic E-state index is -1.00. The van der Waals surface area contributed by atoms with Crippen LogP contribution in [-0.4, -0.2) is 65.7 Å². The second-order valence-electron chi connectivity index (χ2n) is 8.46. The Morgan fingerprint density at radius 1 is 1.13 bits per heavy atom. The van der Waals surface area contributed by atoms with Gasteiger partial charge in [-0.1, -0.05) is 0 Å². The number of anilines is 1. The van der Waals surface area contributed by atoms with Crippen molar-refractivity contribution in [2.75, 3.05) is 37.7 Å². The Morgan fingerprint density at radius 3 is 2.60 bits per heavy atom. The number of likely N-dealkylation sites (tertiary alicyclic amines) is 1. The van der Waals surface area contributed by atoms with Gasteiger partial charge >= 0.3 is 6.03 Å². The zero-order valence-electron chi connectivity index (χ0n) is 16.4. The number of amides is 2. The van der Waals surface area contributed by atoms with Crippen LogP contribution in [0.2, 0.25) is 0 Å². The molecule has 2 atom stereocenters. The van der Waals surface area contributed by atoms with E-state index in [0.717, 1.165) is 31.1 Å². The first-order chi connectivity index (χ1) is 14.3. The molecule has 5 rings (SSSR count). The second-order valence-corrected chi connectivity index (χ2v) is 8.46. The van der Waals surface area contributed by atoms with Crippen LogP contribution in [0.15, 0.2) is 54.0 Å². The van der Waals surface area contributed by atoms with Crippen LogP contribution >= 0.6 is 0 Å². The average molecular weight is 418 g/mol. The molecule has 30 heavy (non-hydrogen) atoms. The van der Waals surface area contributed by atoms with E-state index < -0.39 is 17.7 Å². The number of ether oxygens (including phenoxy) is 1. The lowest BCUT2D eigenvalue weighted by Gasteiger charge is -2.61. The molecule has 0 aromatic carbocycles. The maximum Gasteiger partial charge on any atom is 0.321 e. The monoisotopic (exact) mass is 418 g/mol. The van der Waals surface area contributed by atoms with Gasteiger partial charge in [0.25, 0.3) is 0 Å². The van der Waals surface area contributed by atoms with Crippen LogP contribution in [0.1, 0.15) is 6.92 Å². The lowest BCUT2D eigenvalue weighted by Crippen LogP contribution is -2.74. The Bertz CT molecular complexity index is 961. The van der Waals surface area contributed by atoms with Gasteiger partial charge < -0.3 is 19.4 Å². The molecule has 6 nitrogen and oxygen atoms in total. The number of urea groups is 1. The highest BCUT2D eigenvalue weighted by Gasteiger charge is 2.54. The van der Waals surface area contributed by atoms with Gasteiger partial charge in [-0.25, -0.2) is 22.9 Å². The number of carbonyl (C=O) groups is 1. The van der Waals surface area contributed by atoms with Crippen LogP contribution in [0.5, 0.6) is 0 Å². The molecule has 2 amide bonds. The predicted molar refractivity (Wildman–Crippen MR) is 103 cm³/mol. The van der Waals surface area contributed by atoms with Gasteiger partial charge in [-0.2, -0.15) is 0 Å². The van der Waals surface area contributed by atoms with E-state index in [2.05, 4.69) is 9.88 Å². The van der Waals surface area contributed by atoms with Crippen LogP contribution in [-0.2, 0) is 4.74 Å². The molecular formula is C21H21F3N4O2. The normalized spacial score (nSPS) is 27.1. The molecule has 158 valence electrons. The summed E-state index contributed by atoms with van der Waals surface area (Å²) in [5.41, 5.74) is -0.00345. The van der Waals surface area contributed by atoms with Crippen molar-refractivity contribution in [3.63, 3.8) is 0 Å². The number of nitrogens with zero attached hydrogens (tertiary/aromatic N) is 4. The maximum absolute atomic E-state index is 14.0. The number of hydrogen-bond donors (Lipinski definition) is 0. The third-order valence-electron chi connectivity index (χ3n) is 6.07. The summed E-state index contributed by atoms with van der Waals surface area (Å²) < 4.78 is 46.4. The summed E-state index contributed by atoms with van der Waals surface area (Å²) in [7, 11) is 0. The Morgan fingerprint density at radius 2 is 1.90 bits per heavy atom. The summed E-state index contributed by atoms with van der Waals surface area (Å²) in [4.78, 5) is 22.6. The van der Waals surface area contributed by atoms with E-state index in [0.29, 0.717) is 13.1 Å². The van der Waals surface area contributed by atoms with Gasteiger partial charge in [0.15, 0.2) is 11.7 Å². The fourth-order valence-corrected chi connectivity index (χ4v) is 4.59. The molecular weight excluding hydrogens is 397 g/mol. The number of pyridine rings is 1. The van der Waals surface area contributed by atoms with E-state index >= 15 is 0 Å². The van der Waals surface area contributed by atoms with Gasteiger partial charge in [0.1, 0.15) is 24.0 Å². The molecule has 3 aliphatic heterocycles. The quantitative estimate of drug-likeness (QED) is 0.703. The summed E-state index contributed by atoms with van der Waals surface area (Å²) in [5, 5.41) is 0. The largest absolute Gasteiger partial charge is 0.492 e. The third kappa shape index (κ3) is 3.12. The van der Waals surface area contributed by atoms with Crippen molar-refractivity contribution in [1.82, 2.24) is 14.8 Å². The highest BCUT2D eigenvalue weighted by Crippen LogP contribution is 2.42. The van der Waals surface area contributed by atoms with Crippen molar-refractivity contribution >= 4 is 11.8 Å². The number of hydrogen-bond acceptors (Lipinski definition) is 4. The molecule has 2 unspecified atom stereocenters. The van der Waals surface area contributed by atoms with Crippen molar-refractivity contribution in [3.8, 4) is 0 Å². The fourth-order valence-electron chi connectivity index (χ4n) is 4.59. The molecule has 0 N–H and O–H groups in total. The number of rotatable bonds is 1. The topological polar surface area (TPSA) is 48.9 Å². The van der Waals surface area contributed by atoms with Crippen LogP contribution < -0.4 is 4.90 Å². The Kier molecular flexibility index (Phi) is 4.30. The Labute approximate surface area is 171 Å². The molecule has 1 aromatic heterocycles. The summed E-state index contributed by atoms with van der Waals surface area (Å²) >= 11 is 0. The zero-order chi connectivity index (χ0) is 21.0. The predicted octanol–water partition coefficient (Wildman–Crippen LogP) is 3.16. The number of carbonyl (C=O) groups excluding carboxylic acids is 1. The fraction of sp³-hybridized carbons (Fsp3) is 0.429. The molecule has 2 fully saturated rings. The highest BCUT2D eigenvalue weighted by atomic mass is 19.2. The molecule has 1 spiro atoms. The van der Waals surface area contributed by atoms with Gasteiger partial charge in [0.2, 0.25) is 0 Å².